The van der Waals surface area contributed by atoms with Gasteiger partial charge in [0.2, 0.25) is 0 Å². The van der Waals surface area contributed by atoms with Gasteiger partial charge in [0, 0.05) is 5.56 Å². The van der Waals surface area contributed by atoms with Crippen LogP contribution in [0.5, 0.6) is 0 Å². The highest BCUT2D eigenvalue weighted by molar-refractivity contribution is 6.11. The van der Waals surface area contributed by atoms with E-state index >= 15 is 0 Å². The van der Waals surface area contributed by atoms with E-state index < -0.39 is 53.2 Å². The number of carbonyl (C=O) groups is 5. The Morgan fingerprint density at radius 1 is 0.679 bits per heavy atom. The van der Waals surface area contributed by atoms with Crippen molar-refractivity contribution in [1.82, 2.24) is 0 Å². The summed E-state index contributed by atoms with van der Waals surface area (Å²) in [7, 11) is 3.79. The average molecular weight is 398 g/mol. The van der Waals surface area contributed by atoms with Gasteiger partial charge in [-0.2, -0.15) is 0 Å². The van der Waals surface area contributed by atoms with E-state index in [2.05, 4.69) is 18.9 Å². The first-order valence-electron chi connectivity index (χ1n) is 7.84. The lowest BCUT2D eigenvalue weighted by Gasteiger charge is -2.26. The van der Waals surface area contributed by atoms with E-state index in [0.29, 0.717) is 0 Å². The van der Waals surface area contributed by atoms with Gasteiger partial charge >= 0.3 is 23.9 Å². The molecule has 152 valence electrons. The molecule has 0 spiro atoms. The number of halogens is 1. The number of hydrogen-bond donors (Lipinski definition) is 0. The molecule has 0 atom stereocenters. The predicted molar refractivity (Wildman–Crippen MR) is 89.3 cm³/mol. The first-order chi connectivity index (χ1) is 13.2. The SMILES string of the molecule is COC(=O)C(C(=O)OC)C(C(=O)c1ccc(F)cc1)C(C(=O)OC)C(=O)OC. The Labute approximate surface area is 159 Å². The molecule has 0 N–H and O–H groups in total. The van der Waals surface area contributed by atoms with Crippen LogP contribution < -0.4 is 0 Å². The third-order valence-corrected chi connectivity index (χ3v) is 3.97. The first kappa shape index (κ1) is 22.7. The number of methoxy groups -OCH3 is 4. The molecule has 28 heavy (non-hydrogen) atoms. The van der Waals surface area contributed by atoms with Crippen molar-refractivity contribution in [2.75, 3.05) is 28.4 Å². The summed E-state index contributed by atoms with van der Waals surface area (Å²) in [4.78, 5) is 62.0. The van der Waals surface area contributed by atoms with E-state index in [1.807, 2.05) is 0 Å². The molecule has 0 aromatic heterocycles. The molecule has 0 aliphatic heterocycles. The summed E-state index contributed by atoms with van der Waals surface area (Å²) < 4.78 is 31.4. The van der Waals surface area contributed by atoms with E-state index in [0.717, 1.165) is 52.7 Å². The second-order valence-corrected chi connectivity index (χ2v) is 5.44. The molecule has 0 amide bonds. The lowest BCUT2D eigenvalue weighted by Crippen LogP contribution is -2.47. The summed E-state index contributed by atoms with van der Waals surface area (Å²) in [6.07, 6.45) is 0. The van der Waals surface area contributed by atoms with Crippen molar-refractivity contribution in [3.63, 3.8) is 0 Å². The predicted octanol–water partition coefficient (Wildman–Crippen LogP) is 0.549. The van der Waals surface area contributed by atoms with E-state index in [1.165, 1.54) is 0 Å². The summed E-state index contributed by atoms with van der Waals surface area (Å²) in [6.45, 7) is 0. The van der Waals surface area contributed by atoms with E-state index in [4.69, 9.17) is 0 Å². The van der Waals surface area contributed by atoms with Crippen LogP contribution in [0.2, 0.25) is 0 Å². The quantitative estimate of drug-likeness (QED) is 0.267. The summed E-state index contributed by atoms with van der Waals surface area (Å²) in [5.74, 6) is -12.4. The molecule has 0 heterocycles. The molecule has 0 aliphatic rings. The average Bonchev–Trinajstić information content (AvgIpc) is 2.71. The van der Waals surface area contributed by atoms with Crippen molar-refractivity contribution < 1.29 is 47.3 Å². The number of benzene rings is 1. The van der Waals surface area contributed by atoms with Crippen LogP contribution in [0.15, 0.2) is 24.3 Å². The van der Waals surface area contributed by atoms with Crippen molar-refractivity contribution >= 4 is 29.7 Å². The van der Waals surface area contributed by atoms with Gasteiger partial charge < -0.3 is 18.9 Å². The van der Waals surface area contributed by atoms with Crippen LogP contribution in [-0.2, 0) is 38.1 Å². The number of carbonyl (C=O) groups excluding carboxylic acids is 5. The largest absolute Gasteiger partial charge is 0.468 e. The number of esters is 4. The number of ether oxygens (including phenoxy) is 4. The van der Waals surface area contributed by atoms with Gasteiger partial charge in [-0.25, -0.2) is 4.39 Å². The van der Waals surface area contributed by atoms with Gasteiger partial charge in [-0.3, -0.25) is 24.0 Å². The Bertz CT molecular complexity index is 689. The Morgan fingerprint density at radius 2 is 1.00 bits per heavy atom. The second kappa shape index (κ2) is 10.1. The zero-order valence-corrected chi connectivity index (χ0v) is 15.6. The molecule has 0 aliphatic carbocycles. The minimum absolute atomic E-state index is 0.165. The third kappa shape index (κ3) is 4.90. The number of ketones is 1. The van der Waals surface area contributed by atoms with Crippen LogP contribution in [0, 0.1) is 23.6 Å². The number of rotatable bonds is 8. The molecule has 0 fully saturated rings. The zero-order chi connectivity index (χ0) is 21.4. The molecule has 10 heteroatoms. The summed E-state index contributed by atoms with van der Waals surface area (Å²) in [6, 6.07) is 4.06. The first-order valence-corrected chi connectivity index (χ1v) is 7.84. The van der Waals surface area contributed by atoms with Crippen LogP contribution in [0.1, 0.15) is 10.4 Å². The molecule has 0 radical (unpaired) electrons. The van der Waals surface area contributed by atoms with Gasteiger partial charge in [0.25, 0.3) is 0 Å². The van der Waals surface area contributed by atoms with Crippen molar-refractivity contribution in [3.8, 4) is 0 Å². The van der Waals surface area contributed by atoms with Gasteiger partial charge in [-0.05, 0) is 24.3 Å². The van der Waals surface area contributed by atoms with Gasteiger partial charge in [0.1, 0.15) is 5.82 Å². The maximum absolute atomic E-state index is 13.2. The van der Waals surface area contributed by atoms with Gasteiger partial charge in [-0.15, -0.1) is 0 Å². The van der Waals surface area contributed by atoms with Gasteiger partial charge in [0.15, 0.2) is 17.6 Å². The third-order valence-electron chi connectivity index (χ3n) is 3.97. The van der Waals surface area contributed by atoms with Crippen LogP contribution >= 0.6 is 0 Å². The molecular formula is C18H19FO9. The highest BCUT2D eigenvalue weighted by Gasteiger charge is 2.52. The molecule has 1 aromatic rings. The summed E-state index contributed by atoms with van der Waals surface area (Å²) in [5, 5.41) is 0. The summed E-state index contributed by atoms with van der Waals surface area (Å²) in [5.41, 5.74) is -0.165. The number of hydrogen-bond acceptors (Lipinski definition) is 9. The van der Waals surface area contributed by atoms with Crippen molar-refractivity contribution in [3.05, 3.63) is 35.6 Å². The molecule has 1 rings (SSSR count). The molecule has 1 aromatic carbocycles. The zero-order valence-electron chi connectivity index (χ0n) is 15.6. The fraction of sp³-hybridized carbons (Fsp3) is 0.389. The van der Waals surface area contributed by atoms with Gasteiger partial charge in [-0.1, -0.05) is 0 Å². The Morgan fingerprint density at radius 3 is 1.29 bits per heavy atom. The molecule has 0 unspecified atom stereocenters. The Balaban J connectivity index is 3.66. The van der Waals surface area contributed by atoms with Crippen molar-refractivity contribution in [1.29, 1.82) is 0 Å². The van der Waals surface area contributed by atoms with Crippen LogP contribution in [-0.4, -0.2) is 58.1 Å². The minimum atomic E-state index is -1.98. The maximum Gasteiger partial charge on any atom is 0.320 e. The van der Waals surface area contributed by atoms with Gasteiger partial charge in [0.05, 0.1) is 34.4 Å². The van der Waals surface area contributed by atoms with Crippen molar-refractivity contribution in [2.24, 2.45) is 17.8 Å². The molecule has 9 nitrogen and oxygen atoms in total. The van der Waals surface area contributed by atoms with Crippen LogP contribution in [0.25, 0.3) is 0 Å². The molecule has 0 saturated heterocycles. The highest BCUT2D eigenvalue weighted by Crippen LogP contribution is 2.30. The lowest BCUT2D eigenvalue weighted by atomic mass is 9.76. The molecular weight excluding hydrogens is 379 g/mol. The number of Topliss-reactive ketones (excluding diaryl/α,β-unsaturated/α-hetero) is 1. The lowest BCUT2D eigenvalue weighted by molar-refractivity contribution is -0.167. The van der Waals surface area contributed by atoms with E-state index in [-0.39, 0.29) is 5.56 Å². The summed E-state index contributed by atoms with van der Waals surface area (Å²) >= 11 is 0. The monoisotopic (exact) mass is 398 g/mol. The standard InChI is InChI=1S/C18H19FO9/c1-25-15(21)12(16(22)26-2)11(13(17(23)27-3)18(24)28-4)14(20)9-5-7-10(19)8-6-9/h5-8,11-13H,1-4H3. The fourth-order valence-electron chi connectivity index (χ4n) is 2.59. The van der Waals surface area contributed by atoms with Crippen molar-refractivity contribution in [2.45, 2.75) is 0 Å². The van der Waals surface area contributed by atoms with Crippen LogP contribution in [0.3, 0.4) is 0 Å². The Hall–Kier alpha value is -3.30. The van der Waals surface area contributed by atoms with Crippen LogP contribution in [0.4, 0.5) is 4.39 Å². The topological polar surface area (TPSA) is 122 Å². The van der Waals surface area contributed by atoms with E-state index in [9.17, 15) is 28.4 Å². The fourth-order valence-corrected chi connectivity index (χ4v) is 2.59. The minimum Gasteiger partial charge on any atom is -0.468 e. The van der Waals surface area contributed by atoms with E-state index in [1.54, 1.807) is 0 Å². The molecule has 0 bridgehead atoms. The Kier molecular flexibility index (Phi) is 8.24. The normalized spacial score (nSPS) is 10.6. The second-order valence-electron chi connectivity index (χ2n) is 5.44. The molecule has 0 saturated carbocycles. The highest BCUT2D eigenvalue weighted by atomic mass is 19.1. The maximum atomic E-state index is 13.2. The smallest absolute Gasteiger partial charge is 0.320 e.